The second-order valence-corrected chi connectivity index (χ2v) is 7.35. The van der Waals surface area contributed by atoms with Gasteiger partial charge in [0.25, 0.3) is 0 Å². The fourth-order valence-electron chi connectivity index (χ4n) is 4.50. The summed E-state index contributed by atoms with van der Waals surface area (Å²) in [6, 6.07) is 26.9. The van der Waals surface area contributed by atoms with E-state index in [0.717, 1.165) is 19.6 Å². The van der Waals surface area contributed by atoms with Crippen LogP contribution in [0.25, 0.3) is 32.7 Å². The van der Waals surface area contributed by atoms with Gasteiger partial charge in [-0.3, -0.25) is 4.90 Å². The Hall–Kier alpha value is -2.64. The fraction of sp³-hybridized carbons (Fsp3) is 0.200. The lowest BCUT2D eigenvalue weighted by molar-refractivity contribution is 0.260. The second kappa shape index (κ2) is 6.26. The largest absolute Gasteiger partial charge is 0.295 e. The molecule has 5 rings (SSSR count). The number of benzene rings is 4. The van der Waals surface area contributed by atoms with E-state index in [1.807, 2.05) is 0 Å². The van der Waals surface area contributed by atoms with E-state index in [0.29, 0.717) is 0 Å². The zero-order valence-electron chi connectivity index (χ0n) is 15.2. The molecule has 0 N–H and O–H groups in total. The lowest BCUT2D eigenvalue weighted by Gasteiger charge is -2.20. The monoisotopic (exact) mass is 337 g/mol. The van der Waals surface area contributed by atoms with Gasteiger partial charge in [-0.1, -0.05) is 79.7 Å². The average molecular weight is 337 g/mol. The van der Waals surface area contributed by atoms with Crippen LogP contribution in [0, 0.1) is 0 Å². The van der Waals surface area contributed by atoms with Gasteiger partial charge in [-0.15, -0.1) is 0 Å². The van der Waals surface area contributed by atoms with E-state index in [1.165, 1.54) is 50.2 Å². The third-order valence-electron chi connectivity index (χ3n) is 5.61. The standard InChI is InChI=1S/C25H23N/c1-2-15-26-16-20-13-11-18-7-3-5-9-22(18)24(20)25-21(17-26)14-12-19-8-4-6-10-23(19)25/h3-14H,2,15-17H2,1H3. The minimum absolute atomic E-state index is 1.02. The second-order valence-electron chi connectivity index (χ2n) is 7.35. The van der Waals surface area contributed by atoms with Gasteiger partial charge in [0.05, 0.1) is 0 Å². The van der Waals surface area contributed by atoms with Crippen molar-refractivity contribution in [3.8, 4) is 11.1 Å². The van der Waals surface area contributed by atoms with E-state index in [4.69, 9.17) is 0 Å². The summed E-state index contributed by atoms with van der Waals surface area (Å²) in [5.41, 5.74) is 5.78. The summed E-state index contributed by atoms with van der Waals surface area (Å²) in [4.78, 5) is 2.59. The molecule has 0 aliphatic carbocycles. The molecule has 0 fully saturated rings. The Kier molecular flexibility index (Phi) is 3.76. The first-order chi connectivity index (χ1) is 12.8. The van der Waals surface area contributed by atoms with Crippen LogP contribution in [0.2, 0.25) is 0 Å². The third kappa shape index (κ3) is 2.43. The molecular weight excluding hydrogens is 314 g/mol. The van der Waals surface area contributed by atoms with Gasteiger partial charge in [0, 0.05) is 13.1 Å². The molecule has 0 radical (unpaired) electrons. The van der Waals surface area contributed by atoms with Crippen molar-refractivity contribution >= 4 is 21.5 Å². The number of hydrogen-bond donors (Lipinski definition) is 0. The maximum Gasteiger partial charge on any atom is 0.0243 e. The first-order valence-electron chi connectivity index (χ1n) is 9.59. The molecule has 0 atom stereocenters. The highest BCUT2D eigenvalue weighted by atomic mass is 15.1. The molecule has 26 heavy (non-hydrogen) atoms. The number of nitrogens with zero attached hydrogens (tertiary/aromatic N) is 1. The number of fused-ring (bicyclic) bond motifs is 7. The molecule has 0 bridgehead atoms. The normalized spacial score (nSPS) is 14.2. The van der Waals surface area contributed by atoms with Gasteiger partial charge in [0.15, 0.2) is 0 Å². The topological polar surface area (TPSA) is 3.24 Å². The SMILES string of the molecule is CCCN1Cc2ccc3ccccc3c2-c2c(ccc3ccccc23)C1. The van der Waals surface area contributed by atoms with Crippen LogP contribution in [0.5, 0.6) is 0 Å². The summed E-state index contributed by atoms with van der Waals surface area (Å²) in [5, 5.41) is 5.41. The van der Waals surface area contributed by atoms with Crippen LogP contribution in [0.1, 0.15) is 24.5 Å². The van der Waals surface area contributed by atoms with Crippen molar-refractivity contribution in [3.63, 3.8) is 0 Å². The lowest BCUT2D eigenvalue weighted by Crippen LogP contribution is -2.22. The van der Waals surface area contributed by atoms with Crippen molar-refractivity contribution < 1.29 is 0 Å². The van der Waals surface area contributed by atoms with Crippen LogP contribution in [0.4, 0.5) is 0 Å². The molecule has 0 spiro atoms. The molecule has 0 saturated carbocycles. The van der Waals surface area contributed by atoms with Gasteiger partial charge in [-0.25, -0.2) is 0 Å². The zero-order valence-corrected chi connectivity index (χ0v) is 15.2. The molecule has 0 unspecified atom stereocenters. The highest BCUT2D eigenvalue weighted by molar-refractivity contribution is 6.08. The van der Waals surface area contributed by atoms with Crippen LogP contribution in [0.15, 0.2) is 72.8 Å². The summed E-state index contributed by atoms with van der Waals surface area (Å²) in [6.07, 6.45) is 1.19. The highest BCUT2D eigenvalue weighted by Crippen LogP contribution is 2.41. The Labute approximate surface area is 154 Å². The fourth-order valence-corrected chi connectivity index (χ4v) is 4.50. The predicted molar refractivity (Wildman–Crippen MR) is 111 cm³/mol. The van der Waals surface area contributed by atoms with E-state index < -0.39 is 0 Å². The van der Waals surface area contributed by atoms with E-state index in [9.17, 15) is 0 Å². The zero-order chi connectivity index (χ0) is 17.5. The van der Waals surface area contributed by atoms with Gasteiger partial charge < -0.3 is 0 Å². The van der Waals surface area contributed by atoms with Crippen molar-refractivity contribution in [2.45, 2.75) is 26.4 Å². The van der Waals surface area contributed by atoms with Crippen molar-refractivity contribution in [1.82, 2.24) is 4.90 Å². The molecule has 0 saturated heterocycles. The molecule has 1 nitrogen and oxygen atoms in total. The van der Waals surface area contributed by atoms with E-state index in [1.54, 1.807) is 0 Å². The average Bonchev–Trinajstić information content (AvgIpc) is 2.84. The van der Waals surface area contributed by atoms with Crippen LogP contribution < -0.4 is 0 Å². The number of rotatable bonds is 2. The maximum atomic E-state index is 2.59. The summed E-state index contributed by atoms with van der Waals surface area (Å²) >= 11 is 0. The smallest absolute Gasteiger partial charge is 0.0243 e. The third-order valence-corrected chi connectivity index (χ3v) is 5.61. The molecule has 4 aromatic rings. The van der Waals surface area contributed by atoms with Crippen LogP contribution in [0.3, 0.4) is 0 Å². The Balaban J connectivity index is 1.91. The molecule has 1 aliphatic rings. The number of hydrogen-bond acceptors (Lipinski definition) is 1. The summed E-state index contributed by atoms with van der Waals surface area (Å²) in [7, 11) is 0. The molecule has 0 amide bonds. The summed E-state index contributed by atoms with van der Waals surface area (Å²) < 4.78 is 0. The van der Waals surface area contributed by atoms with E-state index in [-0.39, 0.29) is 0 Å². The summed E-state index contributed by atoms with van der Waals surface area (Å²) in [6.45, 7) is 5.46. The first-order valence-corrected chi connectivity index (χ1v) is 9.59. The molecule has 128 valence electrons. The predicted octanol–water partition coefficient (Wildman–Crippen LogP) is 6.39. The Morgan fingerprint density at radius 2 is 1.15 bits per heavy atom. The molecule has 1 heteroatoms. The van der Waals surface area contributed by atoms with E-state index >= 15 is 0 Å². The molecule has 0 aromatic heterocycles. The van der Waals surface area contributed by atoms with Crippen LogP contribution in [-0.4, -0.2) is 11.4 Å². The van der Waals surface area contributed by atoms with Gasteiger partial charge in [-0.2, -0.15) is 0 Å². The van der Waals surface area contributed by atoms with Crippen molar-refractivity contribution in [2.75, 3.05) is 6.54 Å². The van der Waals surface area contributed by atoms with Gasteiger partial charge >= 0.3 is 0 Å². The van der Waals surface area contributed by atoms with Crippen LogP contribution >= 0.6 is 0 Å². The Morgan fingerprint density at radius 1 is 0.654 bits per heavy atom. The highest BCUT2D eigenvalue weighted by Gasteiger charge is 2.22. The quantitative estimate of drug-likeness (QED) is 0.410. The minimum atomic E-state index is 1.02. The van der Waals surface area contributed by atoms with Crippen LogP contribution in [-0.2, 0) is 13.1 Å². The van der Waals surface area contributed by atoms with E-state index in [2.05, 4.69) is 84.6 Å². The first kappa shape index (κ1) is 15.6. The van der Waals surface area contributed by atoms with Gasteiger partial charge in [0.2, 0.25) is 0 Å². The summed E-state index contributed by atoms with van der Waals surface area (Å²) in [5.74, 6) is 0. The maximum absolute atomic E-state index is 2.59. The van der Waals surface area contributed by atoms with Crippen molar-refractivity contribution in [2.24, 2.45) is 0 Å². The Morgan fingerprint density at radius 3 is 1.65 bits per heavy atom. The lowest BCUT2D eigenvalue weighted by atomic mass is 9.88. The molecular formula is C25H23N. The molecule has 1 aliphatic heterocycles. The van der Waals surface area contributed by atoms with Crippen molar-refractivity contribution in [1.29, 1.82) is 0 Å². The minimum Gasteiger partial charge on any atom is -0.295 e. The van der Waals surface area contributed by atoms with Gasteiger partial charge in [0.1, 0.15) is 0 Å². The van der Waals surface area contributed by atoms with Crippen molar-refractivity contribution in [3.05, 3.63) is 83.9 Å². The van der Waals surface area contributed by atoms with Gasteiger partial charge in [-0.05, 0) is 56.8 Å². The molecule has 4 aromatic carbocycles. The Bertz CT molecular complexity index is 1020. The molecule has 1 heterocycles.